The molecule has 5 heteroatoms. The van der Waals surface area contributed by atoms with Gasteiger partial charge in [0.05, 0.1) is 7.11 Å². The molecular weight excluding hydrogens is 264 g/mol. The lowest BCUT2D eigenvalue weighted by molar-refractivity contribution is 0.397. The zero-order valence-electron chi connectivity index (χ0n) is 12.3. The fraction of sp³-hybridized carbons (Fsp3) is 0.438. The van der Waals surface area contributed by atoms with Crippen molar-refractivity contribution in [2.24, 2.45) is 0 Å². The van der Waals surface area contributed by atoms with Crippen molar-refractivity contribution in [2.75, 3.05) is 12.4 Å². The molecule has 0 saturated carbocycles. The van der Waals surface area contributed by atoms with Crippen LogP contribution in [0.1, 0.15) is 36.1 Å². The molecule has 3 rings (SSSR count). The van der Waals surface area contributed by atoms with Crippen LogP contribution >= 0.6 is 0 Å². The van der Waals surface area contributed by atoms with Gasteiger partial charge in [0.15, 0.2) is 0 Å². The van der Waals surface area contributed by atoms with Crippen molar-refractivity contribution in [1.29, 1.82) is 0 Å². The molecular formula is C16H20N4O. The Hall–Kier alpha value is -2.17. The number of aromatic nitrogens is 3. The second-order valence-electron chi connectivity index (χ2n) is 5.27. The summed E-state index contributed by atoms with van der Waals surface area (Å²) in [4.78, 5) is 13.0. The fourth-order valence-electron chi connectivity index (χ4n) is 2.71. The third-order valence-electron chi connectivity index (χ3n) is 3.84. The molecule has 110 valence electrons. The minimum atomic E-state index is 0.635. The summed E-state index contributed by atoms with van der Waals surface area (Å²) in [5.41, 5.74) is 3.62. The van der Waals surface area contributed by atoms with E-state index in [4.69, 9.17) is 4.74 Å². The molecule has 0 aliphatic heterocycles. The topological polar surface area (TPSA) is 59.9 Å². The highest BCUT2D eigenvalue weighted by molar-refractivity contribution is 5.47. The Morgan fingerprint density at radius 2 is 2.05 bits per heavy atom. The van der Waals surface area contributed by atoms with Crippen LogP contribution in [0, 0.1) is 0 Å². The molecule has 2 heterocycles. The van der Waals surface area contributed by atoms with Gasteiger partial charge in [0.25, 0.3) is 0 Å². The number of pyridine rings is 1. The van der Waals surface area contributed by atoms with Gasteiger partial charge in [-0.25, -0.2) is 15.0 Å². The van der Waals surface area contributed by atoms with Gasteiger partial charge in [-0.05, 0) is 37.3 Å². The van der Waals surface area contributed by atoms with Gasteiger partial charge in [-0.3, -0.25) is 0 Å². The van der Waals surface area contributed by atoms with Crippen LogP contribution in [0.5, 0.6) is 5.88 Å². The van der Waals surface area contributed by atoms with E-state index in [9.17, 15) is 0 Å². The van der Waals surface area contributed by atoms with E-state index < -0.39 is 0 Å². The van der Waals surface area contributed by atoms with Crippen LogP contribution in [0.2, 0.25) is 0 Å². The first kappa shape index (κ1) is 13.8. The molecule has 0 aromatic carbocycles. The van der Waals surface area contributed by atoms with Gasteiger partial charge < -0.3 is 10.1 Å². The van der Waals surface area contributed by atoms with Crippen LogP contribution in [0.4, 0.5) is 5.82 Å². The maximum atomic E-state index is 5.15. The van der Waals surface area contributed by atoms with Crippen LogP contribution < -0.4 is 10.1 Å². The van der Waals surface area contributed by atoms with Gasteiger partial charge in [-0.1, -0.05) is 6.42 Å². The highest BCUT2D eigenvalue weighted by atomic mass is 16.5. The minimum absolute atomic E-state index is 0.635. The van der Waals surface area contributed by atoms with E-state index in [-0.39, 0.29) is 0 Å². The van der Waals surface area contributed by atoms with Crippen molar-refractivity contribution < 1.29 is 4.74 Å². The summed E-state index contributed by atoms with van der Waals surface area (Å²) in [5.74, 6) is 1.61. The zero-order chi connectivity index (χ0) is 14.5. The van der Waals surface area contributed by atoms with Crippen molar-refractivity contribution >= 4 is 5.82 Å². The predicted octanol–water partition coefficient (Wildman–Crippen LogP) is 2.76. The quantitative estimate of drug-likeness (QED) is 0.875. The molecule has 0 saturated heterocycles. The summed E-state index contributed by atoms with van der Waals surface area (Å²) in [5, 5.41) is 3.43. The van der Waals surface area contributed by atoms with E-state index in [1.165, 1.54) is 30.5 Å². The molecule has 2 aromatic rings. The lowest BCUT2D eigenvalue weighted by Crippen LogP contribution is -2.08. The van der Waals surface area contributed by atoms with E-state index in [2.05, 4.69) is 20.3 Å². The molecule has 5 nitrogen and oxygen atoms in total. The minimum Gasteiger partial charge on any atom is -0.481 e. The van der Waals surface area contributed by atoms with E-state index in [0.717, 1.165) is 24.2 Å². The Bertz CT molecular complexity index is 615. The molecule has 0 fully saturated rings. The van der Waals surface area contributed by atoms with E-state index >= 15 is 0 Å². The number of rotatable bonds is 4. The number of nitrogens with one attached hydrogen (secondary N) is 1. The van der Waals surface area contributed by atoms with Crippen LogP contribution in [-0.2, 0) is 19.4 Å². The van der Waals surface area contributed by atoms with Crippen LogP contribution in [0.3, 0.4) is 0 Å². The number of methoxy groups -OCH3 is 1. The van der Waals surface area contributed by atoms with E-state index in [0.29, 0.717) is 12.4 Å². The molecule has 1 aliphatic rings. The summed E-state index contributed by atoms with van der Waals surface area (Å²) in [6, 6.07) is 3.92. The Morgan fingerprint density at radius 3 is 2.95 bits per heavy atom. The van der Waals surface area contributed by atoms with Gasteiger partial charge in [-0.15, -0.1) is 0 Å². The molecule has 0 unspecified atom stereocenters. The second kappa shape index (κ2) is 6.52. The average Bonchev–Trinajstić information content (AvgIpc) is 2.79. The number of aryl methyl sites for hydroxylation is 1. The normalized spacial score (nSPS) is 14.1. The zero-order valence-corrected chi connectivity index (χ0v) is 12.3. The molecule has 1 aliphatic carbocycles. The number of anilines is 1. The van der Waals surface area contributed by atoms with Crippen molar-refractivity contribution in [3.05, 3.63) is 41.5 Å². The first-order valence-electron chi connectivity index (χ1n) is 7.42. The Morgan fingerprint density at radius 1 is 1.14 bits per heavy atom. The van der Waals surface area contributed by atoms with Gasteiger partial charge in [0.1, 0.15) is 12.1 Å². The molecule has 1 N–H and O–H groups in total. The van der Waals surface area contributed by atoms with Crippen LogP contribution in [0.25, 0.3) is 0 Å². The Labute approximate surface area is 124 Å². The molecule has 0 spiro atoms. The fourth-order valence-corrected chi connectivity index (χ4v) is 2.71. The average molecular weight is 284 g/mol. The maximum Gasteiger partial charge on any atom is 0.213 e. The maximum absolute atomic E-state index is 5.15. The first-order valence-corrected chi connectivity index (χ1v) is 7.42. The SMILES string of the molecule is COc1cc(CNc2ncnc3c2CCCCC3)ccn1. The smallest absolute Gasteiger partial charge is 0.213 e. The summed E-state index contributed by atoms with van der Waals surface area (Å²) in [7, 11) is 1.63. The summed E-state index contributed by atoms with van der Waals surface area (Å²) < 4.78 is 5.15. The van der Waals surface area contributed by atoms with Gasteiger partial charge in [-0.2, -0.15) is 0 Å². The summed E-state index contributed by atoms with van der Waals surface area (Å²) in [6.45, 7) is 0.711. The molecule has 2 aromatic heterocycles. The van der Waals surface area contributed by atoms with Crippen molar-refractivity contribution in [1.82, 2.24) is 15.0 Å². The van der Waals surface area contributed by atoms with Crippen molar-refractivity contribution in [2.45, 2.75) is 38.6 Å². The lowest BCUT2D eigenvalue weighted by Gasteiger charge is -2.12. The molecule has 0 amide bonds. The Kier molecular flexibility index (Phi) is 4.28. The number of hydrogen-bond acceptors (Lipinski definition) is 5. The van der Waals surface area contributed by atoms with Crippen LogP contribution in [0.15, 0.2) is 24.7 Å². The van der Waals surface area contributed by atoms with Gasteiger partial charge in [0, 0.05) is 30.1 Å². The third kappa shape index (κ3) is 3.29. The highest BCUT2D eigenvalue weighted by Crippen LogP contribution is 2.24. The summed E-state index contributed by atoms with van der Waals surface area (Å²) >= 11 is 0. The number of hydrogen-bond donors (Lipinski definition) is 1. The second-order valence-corrected chi connectivity index (χ2v) is 5.27. The number of fused-ring (bicyclic) bond motifs is 1. The highest BCUT2D eigenvalue weighted by Gasteiger charge is 2.14. The number of nitrogens with zero attached hydrogens (tertiary/aromatic N) is 3. The Balaban J connectivity index is 1.76. The largest absolute Gasteiger partial charge is 0.481 e. The van der Waals surface area contributed by atoms with E-state index in [1.807, 2.05) is 12.1 Å². The first-order chi connectivity index (χ1) is 10.4. The monoisotopic (exact) mass is 284 g/mol. The van der Waals surface area contributed by atoms with Gasteiger partial charge >= 0.3 is 0 Å². The standard InChI is InChI=1S/C16H20N4O/c1-21-15-9-12(7-8-17-15)10-18-16-13-5-3-2-4-6-14(13)19-11-20-16/h7-9,11H,2-6,10H2,1H3,(H,18,19,20). The molecule has 0 atom stereocenters. The summed E-state index contributed by atoms with van der Waals surface area (Å²) in [6.07, 6.45) is 9.28. The molecule has 0 radical (unpaired) electrons. The lowest BCUT2D eigenvalue weighted by atomic mass is 10.1. The molecule has 21 heavy (non-hydrogen) atoms. The predicted molar refractivity (Wildman–Crippen MR) is 81.4 cm³/mol. The van der Waals surface area contributed by atoms with Crippen LogP contribution in [-0.4, -0.2) is 22.1 Å². The third-order valence-corrected chi connectivity index (χ3v) is 3.84. The van der Waals surface area contributed by atoms with Gasteiger partial charge in [0.2, 0.25) is 5.88 Å². The molecule has 0 bridgehead atoms. The van der Waals surface area contributed by atoms with Crippen molar-refractivity contribution in [3.63, 3.8) is 0 Å². The van der Waals surface area contributed by atoms with E-state index in [1.54, 1.807) is 19.6 Å². The van der Waals surface area contributed by atoms with Crippen molar-refractivity contribution in [3.8, 4) is 5.88 Å². The number of ether oxygens (including phenoxy) is 1.